The molecule has 0 spiro atoms. The predicted molar refractivity (Wildman–Crippen MR) is 132 cm³/mol. The van der Waals surface area contributed by atoms with Crippen LogP contribution in [0.5, 0.6) is 0 Å². The van der Waals surface area contributed by atoms with E-state index in [1.165, 1.54) is 5.69 Å². The monoisotopic (exact) mass is 476 g/mol. The number of aromatic nitrogens is 4. The lowest BCUT2D eigenvalue weighted by molar-refractivity contribution is -0.129. The number of anilines is 2. The number of ether oxygens (including phenoxy) is 1. The van der Waals surface area contributed by atoms with Crippen molar-refractivity contribution in [2.45, 2.75) is 44.7 Å². The number of aliphatic hydroxyl groups is 1. The maximum absolute atomic E-state index is 12.2. The summed E-state index contributed by atoms with van der Waals surface area (Å²) in [6.45, 7) is 5.27. The van der Waals surface area contributed by atoms with Crippen molar-refractivity contribution in [1.29, 1.82) is 0 Å². The van der Waals surface area contributed by atoms with Crippen molar-refractivity contribution in [3.05, 3.63) is 47.4 Å². The molecule has 3 aliphatic rings. The average molecular weight is 477 g/mol. The molecule has 2 atom stereocenters. The molecule has 1 unspecified atom stereocenters. The standard InChI is InChI=1S/C26H32N6O3/c1-17(34)30-8-6-25-23(14-30)26(28-32(25)21-7-10-35-16-21)31-9-5-19(15-33)22-11-18(3-4-24(22)31)20-12-27-29(2)13-20/h3-4,11-13,19,21,33H,5-10,14-16H2,1-2H3/t19?,21-/m0/s1. The molecule has 6 rings (SSSR count). The Morgan fingerprint density at radius 3 is 2.83 bits per heavy atom. The molecule has 0 radical (unpaired) electrons. The van der Waals surface area contributed by atoms with Gasteiger partial charge in [0.25, 0.3) is 0 Å². The highest BCUT2D eigenvalue weighted by Gasteiger charge is 2.35. The molecule has 9 heteroatoms. The fourth-order valence-corrected chi connectivity index (χ4v) is 5.78. The number of carbonyl (C=O) groups excluding carboxylic acids is 1. The summed E-state index contributed by atoms with van der Waals surface area (Å²) in [4.78, 5) is 16.5. The lowest BCUT2D eigenvalue weighted by Crippen LogP contribution is -2.36. The van der Waals surface area contributed by atoms with E-state index in [2.05, 4.69) is 32.9 Å². The van der Waals surface area contributed by atoms with E-state index in [0.717, 1.165) is 72.7 Å². The van der Waals surface area contributed by atoms with Gasteiger partial charge >= 0.3 is 0 Å². The smallest absolute Gasteiger partial charge is 0.219 e. The first-order valence-electron chi connectivity index (χ1n) is 12.5. The van der Waals surface area contributed by atoms with E-state index < -0.39 is 0 Å². The first kappa shape index (κ1) is 22.3. The van der Waals surface area contributed by atoms with E-state index in [-0.39, 0.29) is 24.5 Å². The highest BCUT2D eigenvalue weighted by atomic mass is 16.5. The van der Waals surface area contributed by atoms with E-state index >= 15 is 0 Å². The molecule has 1 N–H and O–H groups in total. The second-order valence-electron chi connectivity index (χ2n) is 9.90. The summed E-state index contributed by atoms with van der Waals surface area (Å²) in [6, 6.07) is 6.70. The summed E-state index contributed by atoms with van der Waals surface area (Å²) >= 11 is 0. The SMILES string of the molecule is CC(=O)N1CCc2c(c(N3CCC(CO)c4cc(-c5cnn(C)c5)ccc43)nn2[C@H]2CCOC2)C1. The zero-order valence-electron chi connectivity index (χ0n) is 20.4. The quantitative estimate of drug-likeness (QED) is 0.623. The van der Waals surface area contributed by atoms with Gasteiger partial charge in [-0.15, -0.1) is 0 Å². The van der Waals surface area contributed by atoms with Gasteiger partial charge in [0.1, 0.15) is 0 Å². The zero-order chi connectivity index (χ0) is 24.1. The van der Waals surface area contributed by atoms with Gasteiger partial charge in [0, 0.05) is 74.7 Å². The largest absolute Gasteiger partial charge is 0.396 e. The molecule has 1 aromatic carbocycles. The third-order valence-electron chi connectivity index (χ3n) is 7.74. The normalized spacial score (nSPS) is 21.8. The number of fused-ring (bicyclic) bond motifs is 2. The Morgan fingerprint density at radius 2 is 2.11 bits per heavy atom. The molecular weight excluding hydrogens is 444 g/mol. The van der Waals surface area contributed by atoms with E-state index in [4.69, 9.17) is 9.84 Å². The summed E-state index contributed by atoms with van der Waals surface area (Å²) in [5.74, 6) is 1.11. The number of carbonyl (C=O) groups is 1. The molecule has 9 nitrogen and oxygen atoms in total. The number of amides is 1. The summed E-state index contributed by atoms with van der Waals surface area (Å²) in [5, 5.41) is 19.7. The van der Waals surface area contributed by atoms with Crippen LogP contribution in [0.1, 0.15) is 48.5 Å². The fourth-order valence-electron chi connectivity index (χ4n) is 5.78. The fraction of sp³-hybridized carbons (Fsp3) is 0.500. The maximum atomic E-state index is 12.2. The molecule has 184 valence electrons. The zero-order valence-corrected chi connectivity index (χ0v) is 20.4. The molecule has 5 heterocycles. The van der Waals surface area contributed by atoms with Crippen LogP contribution in [0.15, 0.2) is 30.6 Å². The van der Waals surface area contributed by atoms with Crippen molar-refractivity contribution < 1.29 is 14.6 Å². The van der Waals surface area contributed by atoms with Crippen LogP contribution in [0.25, 0.3) is 11.1 Å². The van der Waals surface area contributed by atoms with E-state index in [9.17, 15) is 9.90 Å². The Kier molecular flexibility index (Phi) is 5.61. The number of nitrogens with zero attached hydrogens (tertiary/aromatic N) is 6. The van der Waals surface area contributed by atoms with E-state index in [1.54, 1.807) is 11.6 Å². The third-order valence-corrected chi connectivity index (χ3v) is 7.74. The minimum atomic E-state index is 0.0766. The van der Waals surface area contributed by atoms with Crippen LogP contribution in [0.3, 0.4) is 0 Å². The van der Waals surface area contributed by atoms with Gasteiger partial charge in [0.2, 0.25) is 5.91 Å². The van der Waals surface area contributed by atoms with Gasteiger partial charge in [0.15, 0.2) is 5.82 Å². The predicted octanol–water partition coefficient (Wildman–Crippen LogP) is 2.77. The first-order chi connectivity index (χ1) is 17.0. The third kappa shape index (κ3) is 3.83. The van der Waals surface area contributed by atoms with Crippen molar-refractivity contribution in [2.75, 3.05) is 37.8 Å². The molecule has 0 saturated carbocycles. The van der Waals surface area contributed by atoms with Gasteiger partial charge in [0.05, 0.1) is 32.0 Å². The highest BCUT2D eigenvalue weighted by Crippen LogP contribution is 2.43. The van der Waals surface area contributed by atoms with Gasteiger partial charge < -0.3 is 19.6 Å². The lowest BCUT2D eigenvalue weighted by atomic mass is 9.88. The van der Waals surface area contributed by atoms with Gasteiger partial charge in [-0.05, 0) is 36.1 Å². The number of benzene rings is 1. The highest BCUT2D eigenvalue weighted by molar-refractivity contribution is 5.76. The van der Waals surface area contributed by atoms with Gasteiger partial charge in [-0.1, -0.05) is 6.07 Å². The van der Waals surface area contributed by atoms with Crippen molar-refractivity contribution in [3.8, 4) is 11.1 Å². The number of hydrogen-bond donors (Lipinski definition) is 1. The molecule has 2 aromatic heterocycles. The Bertz CT molecular complexity index is 1260. The average Bonchev–Trinajstić information content (AvgIpc) is 3.62. The van der Waals surface area contributed by atoms with Crippen molar-refractivity contribution in [1.82, 2.24) is 24.5 Å². The number of hydrogen-bond acceptors (Lipinski definition) is 6. The van der Waals surface area contributed by atoms with Crippen LogP contribution in [0.4, 0.5) is 11.5 Å². The molecule has 1 fully saturated rings. The van der Waals surface area contributed by atoms with Crippen LogP contribution >= 0.6 is 0 Å². The molecular formula is C26H32N6O3. The topological polar surface area (TPSA) is 88.7 Å². The lowest BCUT2D eigenvalue weighted by Gasteiger charge is -2.35. The second-order valence-corrected chi connectivity index (χ2v) is 9.90. The summed E-state index contributed by atoms with van der Waals surface area (Å²) in [6.07, 6.45) is 6.48. The van der Waals surface area contributed by atoms with Gasteiger partial charge in [-0.2, -0.15) is 10.2 Å². The van der Waals surface area contributed by atoms with Gasteiger partial charge in [-0.3, -0.25) is 14.2 Å². The van der Waals surface area contributed by atoms with Crippen LogP contribution in [-0.2, 0) is 29.5 Å². The first-order valence-corrected chi connectivity index (χ1v) is 12.5. The van der Waals surface area contributed by atoms with Crippen LogP contribution in [-0.4, -0.2) is 68.4 Å². The molecule has 0 bridgehead atoms. The van der Waals surface area contributed by atoms with E-state index in [0.29, 0.717) is 13.2 Å². The van der Waals surface area contributed by atoms with Gasteiger partial charge in [-0.25, -0.2) is 0 Å². The molecule has 0 aliphatic carbocycles. The Morgan fingerprint density at radius 1 is 1.23 bits per heavy atom. The molecule has 1 saturated heterocycles. The minimum absolute atomic E-state index is 0.0766. The maximum Gasteiger partial charge on any atom is 0.219 e. The Labute approximate surface area is 204 Å². The summed E-state index contributed by atoms with van der Waals surface area (Å²) < 4.78 is 9.67. The molecule has 1 amide bonds. The van der Waals surface area contributed by atoms with Crippen molar-refractivity contribution in [2.24, 2.45) is 7.05 Å². The summed E-state index contributed by atoms with van der Waals surface area (Å²) in [7, 11) is 1.92. The molecule has 3 aromatic rings. The Hall–Kier alpha value is -3.17. The Balaban J connectivity index is 1.45. The van der Waals surface area contributed by atoms with Crippen molar-refractivity contribution in [3.63, 3.8) is 0 Å². The molecule has 3 aliphatic heterocycles. The van der Waals surface area contributed by atoms with Crippen LogP contribution in [0, 0.1) is 0 Å². The summed E-state index contributed by atoms with van der Waals surface area (Å²) in [5.41, 5.74) is 6.73. The molecule has 35 heavy (non-hydrogen) atoms. The number of aryl methyl sites for hydroxylation is 1. The number of aliphatic hydroxyl groups excluding tert-OH is 1. The van der Waals surface area contributed by atoms with E-state index in [1.807, 2.05) is 24.3 Å². The van der Waals surface area contributed by atoms with Crippen LogP contribution < -0.4 is 4.90 Å². The van der Waals surface area contributed by atoms with Crippen LogP contribution in [0.2, 0.25) is 0 Å². The second kappa shape index (κ2) is 8.80. The minimum Gasteiger partial charge on any atom is -0.396 e. The number of rotatable bonds is 4. The van der Waals surface area contributed by atoms with Crippen molar-refractivity contribution >= 4 is 17.4 Å².